The summed E-state index contributed by atoms with van der Waals surface area (Å²) in [6.07, 6.45) is -7.43. The Bertz CT molecular complexity index is 720. The molecule has 0 bridgehead atoms. The molecular weight excluding hydrogens is 305 g/mol. The molecule has 3 rings (SSSR count). The van der Waals surface area contributed by atoms with Crippen LogP contribution in [-0.4, -0.2) is 12.0 Å². The van der Waals surface area contributed by atoms with Gasteiger partial charge in [0.25, 0.3) is 0 Å². The monoisotopic (exact) mass is 320 g/mol. The van der Waals surface area contributed by atoms with E-state index in [0.29, 0.717) is 11.1 Å². The van der Waals surface area contributed by atoms with Crippen molar-refractivity contribution in [2.75, 3.05) is 0 Å². The van der Waals surface area contributed by atoms with Gasteiger partial charge in [-0.05, 0) is 18.1 Å². The van der Waals surface area contributed by atoms with Gasteiger partial charge in [-0.25, -0.2) is 0 Å². The molecular formula is C18H15F3O2. The van der Waals surface area contributed by atoms with E-state index >= 15 is 0 Å². The summed E-state index contributed by atoms with van der Waals surface area (Å²) in [5.74, 6) is -0.229. The summed E-state index contributed by atoms with van der Waals surface area (Å²) in [4.78, 5) is 12.3. The fourth-order valence-electron chi connectivity index (χ4n) is 2.79. The number of halogens is 3. The maximum atomic E-state index is 13.1. The third-order valence-electron chi connectivity index (χ3n) is 3.97. The number of rotatable bonds is 3. The van der Waals surface area contributed by atoms with Crippen LogP contribution in [0, 0.1) is 6.92 Å². The molecule has 23 heavy (non-hydrogen) atoms. The lowest BCUT2D eigenvalue weighted by Gasteiger charge is -2.17. The van der Waals surface area contributed by atoms with Crippen molar-refractivity contribution < 1.29 is 22.7 Å². The Morgan fingerprint density at radius 3 is 2.26 bits per heavy atom. The van der Waals surface area contributed by atoms with Gasteiger partial charge in [0.2, 0.25) is 0 Å². The van der Waals surface area contributed by atoms with Crippen LogP contribution in [0.15, 0.2) is 48.5 Å². The molecule has 2 atom stereocenters. The highest BCUT2D eigenvalue weighted by Crippen LogP contribution is 2.48. The zero-order valence-corrected chi connectivity index (χ0v) is 12.4. The van der Waals surface area contributed by atoms with Gasteiger partial charge in [0, 0.05) is 12.0 Å². The van der Waals surface area contributed by atoms with Crippen LogP contribution in [0.2, 0.25) is 0 Å². The van der Waals surface area contributed by atoms with Gasteiger partial charge in [-0.1, -0.05) is 54.1 Å². The standard InChI is InChI=1S/C18H15F3O2/c1-11-6-8-12(9-7-11)15(22)10-16-13-4-2-3-5-14(13)17(23-16)18(19,20)21/h2-9,16-17H,10H2,1H3. The first-order chi connectivity index (χ1) is 10.9. The molecule has 2 nitrogen and oxygen atoms in total. The van der Waals surface area contributed by atoms with Crippen molar-refractivity contribution in [1.29, 1.82) is 0 Å². The minimum atomic E-state index is -4.49. The number of carbonyl (C=O) groups excluding carboxylic acids is 1. The molecule has 0 radical (unpaired) electrons. The van der Waals surface area contributed by atoms with Crippen LogP contribution in [0.4, 0.5) is 13.2 Å². The number of alkyl halides is 3. The van der Waals surface area contributed by atoms with Crippen LogP contribution in [0.3, 0.4) is 0 Å². The third kappa shape index (κ3) is 3.15. The summed E-state index contributed by atoms with van der Waals surface area (Å²) in [7, 11) is 0. The molecule has 0 saturated carbocycles. The van der Waals surface area contributed by atoms with Gasteiger partial charge in [-0.15, -0.1) is 0 Å². The summed E-state index contributed by atoms with van der Waals surface area (Å²) < 4.78 is 44.5. The van der Waals surface area contributed by atoms with E-state index in [2.05, 4.69) is 0 Å². The van der Waals surface area contributed by atoms with E-state index in [-0.39, 0.29) is 17.8 Å². The summed E-state index contributed by atoms with van der Waals surface area (Å²) >= 11 is 0. The van der Waals surface area contributed by atoms with E-state index in [9.17, 15) is 18.0 Å². The molecule has 120 valence electrons. The second-order valence-electron chi connectivity index (χ2n) is 5.67. The Kier molecular flexibility index (Phi) is 3.98. The van der Waals surface area contributed by atoms with Crippen LogP contribution in [0.1, 0.15) is 45.7 Å². The highest BCUT2D eigenvalue weighted by Gasteiger charge is 2.48. The Morgan fingerprint density at radius 2 is 1.65 bits per heavy atom. The van der Waals surface area contributed by atoms with Gasteiger partial charge >= 0.3 is 6.18 Å². The SMILES string of the molecule is Cc1ccc(C(=O)CC2OC(C(F)(F)F)c3ccccc32)cc1. The zero-order chi connectivity index (χ0) is 16.6. The Morgan fingerprint density at radius 1 is 1.04 bits per heavy atom. The van der Waals surface area contributed by atoms with Crippen molar-refractivity contribution in [3.05, 3.63) is 70.8 Å². The lowest BCUT2D eigenvalue weighted by molar-refractivity contribution is -0.228. The van der Waals surface area contributed by atoms with E-state index in [0.717, 1.165) is 5.56 Å². The van der Waals surface area contributed by atoms with Crippen LogP contribution >= 0.6 is 0 Å². The molecule has 5 heteroatoms. The van der Waals surface area contributed by atoms with Gasteiger partial charge in [0.1, 0.15) is 0 Å². The maximum absolute atomic E-state index is 13.1. The van der Waals surface area contributed by atoms with Crippen molar-refractivity contribution in [3.63, 3.8) is 0 Å². The van der Waals surface area contributed by atoms with Crippen LogP contribution in [0.25, 0.3) is 0 Å². The number of hydrogen-bond acceptors (Lipinski definition) is 2. The number of carbonyl (C=O) groups is 1. The normalized spacial score (nSPS) is 20.3. The molecule has 0 amide bonds. The summed E-state index contributed by atoms with van der Waals surface area (Å²) in [5, 5.41) is 0. The predicted molar refractivity (Wildman–Crippen MR) is 79.2 cm³/mol. The molecule has 0 fully saturated rings. The van der Waals surface area contributed by atoms with E-state index < -0.39 is 18.4 Å². The van der Waals surface area contributed by atoms with Gasteiger partial charge in [0.15, 0.2) is 11.9 Å². The molecule has 2 aromatic carbocycles. The van der Waals surface area contributed by atoms with Crippen LogP contribution in [-0.2, 0) is 4.74 Å². The number of ether oxygens (including phenoxy) is 1. The second-order valence-corrected chi connectivity index (χ2v) is 5.67. The first-order valence-electron chi connectivity index (χ1n) is 7.27. The van der Waals surface area contributed by atoms with Gasteiger partial charge < -0.3 is 4.74 Å². The first kappa shape index (κ1) is 15.7. The van der Waals surface area contributed by atoms with E-state index in [1.807, 2.05) is 6.92 Å². The highest BCUT2D eigenvalue weighted by atomic mass is 19.4. The average Bonchev–Trinajstić information content (AvgIpc) is 2.87. The van der Waals surface area contributed by atoms with Gasteiger partial charge in [0.05, 0.1) is 6.10 Å². The van der Waals surface area contributed by atoms with Crippen molar-refractivity contribution in [3.8, 4) is 0 Å². The molecule has 0 aliphatic carbocycles. The van der Waals surface area contributed by atoms with Crippen molar-refractivity contribution in [2.45, 2.75) is 31.7 Å². The van der Waals surface area contributed by atoms with Crippen molar-refractivity contribution >= 4 is 5.78 Å². The molecule has 0 aromatic heterocycles. The summed E-state index contributed by atoms with van der Waals surface area (Å²) in [5.41, 5.74) is 2.03. The summed E-state index contributed by atoms with van der Waals surface area (Å²) in [6, 6.07) is 13.2. The molecule has 1 aliphatic rings. The smallest absolute Gasteiger partial charge is 0.356 e. The molecule has 2 unspecified atom stereocenters. The highest BCUT2D eigenvalue weighted by molar-refractivity contribution is 5.96. The molecule has 0 saturated heterocycles. The fraction of sp³-hybridized carbons (Fsp3) is 0.278. The lowest BCUT2D eigenvalue weighted by atomic mass is 9.97. The first-order valence-corrected chi connectivity index (χ1v) is 7.27. The minimum Gasteiger partial charge on any atom is -0.356 e. The summed E-state index contributed by atoms with van der Waals surface area (Å²) in [6.45, 7) is 1.90. The Labute approximate surface area is 131 Å². The van der Waals surface area contributed by atoms with E-state index in [4.69, 9.17) is 4.74 Å². The number of ketones is 1. The van der Waals surface area contributed by atoms with E-state index in [1.165, 1.54) is 6.07 Å². The minimum absolute atomic E-state index is 0.0988. The number of fused-ring (bicyclic) bond motifs is 1. The molecule has 1 aliphatic heterocycles. The number of aryl methyl sites for hydroxylation is 1. The molecule has 0 N–H and O–H groups in total. The number of benzene rings is 2. The molecule has 1 heterocycles. The zero-order valence-electron chi connectivity index (χ0n) is 12.4. The quantitative estimate of drug-likeness (QED) is 0.749. The lowest BCUT2D eigenvalue weighted by Crippen LogP contribution is -2.20. The van der Waals surface area contributed by atoms with Gasteiger partial charge in [-0.2, -0.15) is 13.2 Å². The molecule has 0 spiro atoms. The van der Waals surface area contributed by atoms with Crippen LogP contribution in [0.5, 0.6) is 0 Å². The van der Waals surface area contributed by atoms with Crippen molar-refractivity contribution in [2.24, 2.45) is 0 Å². The predicted octanol–water partition coefficient (Wildman–Crippen LogP) is 4.94. The number of Topliss-reactive ketones (excluding diaryl/α,β-unsaturated/α-hetero) is 1. The van der Waals surface area contributed by atoms with E-state index in [1.54, 1.807) is 42.5 Å². The second kappa shape index (κ2) is 5.81. The third-order valence-corrected chi connectivity index (χ3v) is 3.97. The maximum Gasteiger partial charge on any atom is 0.418 e. The largest absolute Gasteiger partial charge is 0.418 e. The van der Waals surface area contributed by atoms with Crippen molar-refractivity contribution in [1.82, 2.24) is 0 Å². The Hall–Kier alpha value is -2.14. The topological polar surface area (TPSA) is 26.3 Å². The molecule has 2 aromatic rings. The van der Waals surface area contributed by atoms with Gasteiger partial charge in [-0.3, -0.25) is 4.79 Å². The Balaban J connectivity index is 1.84. The van der Waals surface area contributed by atoms with Crippen LogP contribution < -0.4 is 0 Å². The number of hydrogen-bond donors (Lipinski definition) is 0. The fourth-order valence-corrected chi connectivity index (χ4v) is 2.79. The average molecular weight is 320 g/mol.